The number of rotatable bonds is 8. The number of ether oxygens (including phenoxy) is 1. The van der Waals surface area contributed by atoms with Gasteiger partial charge in [-0.05, 0) is 25.3 Å². The van der Waals surface area contributed by atoms with Gasteiger partial charge in [0.25, 0.3) is 0 Å². The molecule has 1 rings (SSSR count). The first-order chi connectivity index (χ1) is 8.63. The van der Waals surface area contributed by atoms with Crippen molar-refractivity contribution in [3.63, 3.8) is 0 Å². The van der Waals surface area contributed by atoms with Gasteiger partial charge in [-0.15, -0.1) is 0 Å². The highest BCUT2D eigenvalue weighted by atomic mass is 16.5. The summed E-state index contributed by atoms with van der Waals surface area (Å²) in [5.41, 5.74) is 1.27. The number of carbonyl (C=O) groups is 1. The first-order valence-corrected chi connectivity index (χ1v) is 6.15. The van der Waals surface area contributed by atoms with Gasteiger partial charge in [-0.25, -0.2) is 0 Å². The van der Waals surface area contributed by atoms with E-state index in [-0.39, 0.29) is 12.6 Å². The smallest absolute Gasteiger partial charge is 0.323 e. The van der Waals surface area contributed by atoms with Gasteiger partial charge in [0, 0.05) is 13.2 Å². The van der Waals surface area contributed by atoms with Crippen LogP contribution in [-0.2, 0) is 16.0 Å². The second-order valence-electron chi connectivity index (χ2n) is 4.44. The summed E-state index contributed by atoms with van der Waals surface area (Å²) in [5.74, 6) is -0.872. The van der Waals surface area contributed by atoms with Crippen LogP contribution in [0.2, 0.25) is 0 Å². The van der Waals surface area contributed by atoms with Crippen LogP contribution < -0.4 is 5.32 Å². The van der Waals surface area contributed by atoms with Gasteiger partial charge in [-0.3, -0.25) is 10.1 Å². The van der Waals surface area contributed by atoms with Gasteiger partial charge in [-0.1, -0.05) is 30.3 Å². The van der Waals surface area contributed by atoms with Crippen molar-refractivity contribution in [1.29, 1.82) is 0 Å². The molecule has 1 aromatic rings. The van der Waals surface area contributed by atoms with Crippen LogP contribution >= 0.6 is 0 Å². The zero-order valence-electron chi connectivity index (χ0n) is 10.9. The van der Waals surface area contributed by atoms with Crippen molar-refractivity contribution in [3.8, 4) is 0 Å². The van der Waals surface area contributed by atoms with Crippen molar-refractivity contribution in [3.05, 3.63) is 35.9 Å². The van der Waals surface area contributed by atoms with Gasteiger partial charge in [0.2, 0.25) is 0 Å². The Bertz CT molecular complexity index is 353. The molecule has 0 aliphatic carbocycles. The lowest BCUT2D eigenvalue weighted by molar-refractivity contribution is -0.141. The van der Waals surface area contributed by atoms with E-state index in [4.69, 9.17) is 9.84 Å². The first kappa shape index (κ1) is 14.7. The highest BCUT2D eigenvalue weighted by Gasteiger charge is 2.18. The summed E-state index contributed by atoms with van der Waals surface area (Å²) in [4.78, 5) is 11.0. The molecule has 0 bridgehead atoms. The Balaban J connectivity index is 2.36. The number of aryl methyl sites for hydroxylation is 1. The van der Waals surface area contributed by atoms with E-state index in [1.165, 1.54) is 12.7 Å². The highest BCUT2D eigenvalue weighted by Crippen LogP contribution is 2.05. The molecule has 0 radical (unpaired) electrons. The van der Waals surface area contributed by atoms with Crippen LogP contribution in [0.15, 0.2) is 30.3 Å². The van der Waals surface area contributed by atoms with Gasteiger partial charge in [-0.2, -0.15) is 0 Å². The largest absolute Gasteiger partial charge is 0.480 e. The summed E-state index contributed by atoms with van der Waals surface area (Å²) in [5, 5.41) is 12.1. The monoisotopic (exact) mass is 251 g/mol. The van der Waals surface area contributed by atoms with Crippen molar-refractivity contribution in [1.82, 2.24) is 5.32 Å². The SMILES string of the molecule is COCC(NC(C)CCc1ccccc1)C(=O)O. The lowest BCUT2D eigenvalue weighted by Crippen LogP contribution is -2.45. The molecule has 0 fully saturated rings. The fraction of sp³-hybridized carbons (Fsp3) is 0.500. The summed E-state index contributed by atoms with van der Waals surface area (Å²) < 4.78 is 4.89. The highest BCUT2D eigenvalue weighted by molar-refractivity contribution is 5.73. The second-order valence-corrected chi connectivity index (χ2v) is 4.44. The molecule has 0 aliphatic rings. The number of nitrogens with one attached hydrogen (secondary N) is 1. The second kappa shape index (κ2) is 7.84. The number of hydrogen-bond acceptors (Lipinski definition) is 3. The maximum Gasteiger partial charge on any atom is 0.323 e. The quantitative estimate of drug-likeness (QED) is 0.738. The summed E-state index contributed by atoms with van der Waals surface area (Å²) >= 11 is 0. The zero-order chi connectivity index (χ0) is 13.4. The fourth-order valence-electron chi connectivity index (χ4n) is 1.81. The van der Waals surface area contributed by atoms with Crippen molar-refractivity contribution in [2.45, 2.75) is 31.8 Å². The number of hydrogen-bond donors (Lipinski definition) is 2. The number of aliphatic carboxylic acids is 1. The van der Waals surface area contributed by atoms with Gasteiger partial charge < -0.3 is 9.84 Å². The Labute approximate surface area is 108 Å². The van der Waals surface area contributed by atoms with Crippen molar-refractivity contribution in [2.24, 2.45) is 0 Å². The lowest BCUT2D eigenvalue weighted by Gasteiger charge is -2.19. The molecule has 0 aromatic heterocycles. The van der Waals surface area contributed by atoms with E-state index in [0.29, 0.717) is 0 Å². The summed E-state index contributed by atoms with van der Waals surface area (Å²) in [6.07, 6.45) is 1.84. The molecule has 4 heteroatoms. The van der Waals surface area contributed by atoms with Gasteiger partial charge >= 0.3 is 5.97 Å². The molecular weight excluding hydrogens is 230 g/mol. The molecule has 0 amide bonds. The van der Waals surface area contributed by atoms with E-state index < -0.39 is 12.0 Å². The van der Waals surface area contributed by atoms with Gasteiger partial charge in [0.05, 0.1) is 6.61 Å². The number of carboxylic acid groups (broad SMARTS) is 1. The average molecular weight is 251 g/mol. The third-order valence-corrected chi connectivity index (χ3v) is 2.83. The molecule has 0 saturated heterocycles. The van der Waals surface area contributed by atoms with Crippen LogP contribution in [0.3, 0.4) is 0 Å². The molecule has 0 spiro atoms. The zero-order valence-corrected chi connectivity index (χ0v) is 10.9. The predicted octanol–water partition coefficient (Wildman–Crippen LogP) is 1.70. The van der Waals surface area contributed by atoms with Crippen LogP contribution in [0.1, 0.15) is 18.9 Å². The minimum absolute atomic E-state index is 0.140. The summed E-state index contributed by atoms with van der Waals surface area (Å²) in [7, 11) is 1.51. The van der Waals surface area contributed by atoms with Crippen molar-refractivity contribution < 1.29 is 14.6 Å². The Morgan fingerprint density at radius 3 is 2.61 bits per heavy atom. The van der Waals surface area contributed by atoms with Crippen LogP contribution in [-0.4, -0.2) is 36.9 Å². The third-order valence-electron chi connectivity index (χ3n) is 2.83. The minimum atomic E-state index is -0.872. The third kappa shape index (κ3) is 5.29. The van der Waals surface area contributed by atoms with Crippen molar-refractivity contribution in [2.75, 3.05) is 13.7 Å². The topological polar surface area (TPSA) is 58.6 Å². The maximum absolute atomic E-state index is 11.0. The maximum atomic E-state index is 11.0. The molecule has 0 aliphatic heterocycles. The molecule has 1 aromatic carbocycles. The average Bonchev–Trinajstić information content (AvgIpc) is 2.37. The molecule has 2 N–H and O–H groups in total. The molecule has 18 heavy (non-hydrogen) atoms. The standard InChI is InChI=1S/C14H21NO3/c1-11(15-13(10-18-2)14(16)17)8-9-12-6-4-3-5-7-12/h3-7,11,13,15H,8-10H2,1-2H3,(H,16,17). The predicted molar refractivity (Wildman–Crippen MR) is 70.7 cm³/mol. The van der Waals surface area contributed by atoms with E-state index in [9.17, 15) is 4.79 Å². The van der Waals surface area contributed by atoms with E-state index >= 15 is 0 Å². The molecule has 2 unspecified atom stereocenters. The molecule has 0 saturated carbocycles. The van der Waals surface area contributed by atoms with Gasteiger partial charge in [0.1, 0.15) is 6.04 Å². The molecular formula is C14H21NO3. The first-order valence-electron chi connectivity index (χ1n) is 6.15. The lowest BCUT2D eigenvalue weighted by atomic mass is 10.1. The van der Waals surface area contributed by atoms with Crippen molar-refractivity contribution >= 4 is 5.97 Å². The van der Waals surface area contributed by atoms with E-state index in [1.807, 2.05) is 25.1 Å². The van der Waals surface area contributed by atoms with Crippen LogP contribution in [0, 0.1) is 0 Å². The van der Waals surface area contributed by atoms with E-state index in [2.05, 4.69) is 17.4 Å². The minimum Gasteiger partial charge on any atom is -0.480 e. The Morgan fingerprint density at radius 2 is 2.06 bits per heavy atom. The summed E-state index contributed by atoms with van der Waals surface area (Å²) in [6.45, 7) is 2.18. The Hall–Kier alpha value is -1.39. The molecule has 2 atom stereocenters. The van der Waals surface area contributed by atoms with Crippen LogP contribution in [0.25, 0.3) is 0 Å². The number of carboxylic acids is 1. The number of benzene rings is 1. The Morgan fingerprint density at radius 1 is 1.39 bits per heavy atom. The molecule has 100 valence electrons. The molecule has 4 nitrogen and oxygen atoms in total. The molecule has 0 heterocycles. The normalized spacial score (nSPS) is 14.1. The number of methoxy groups -OCH3 is 1. The van der Waals surface area contributed by atoms with Crippen LogP contribution in [0.4, 0.5) is 0 Å². The van der Waals surface area contributed by atoms with E-state index in [0.717, 1.165) is 12.8 Å². The summed E-state index contributed by atoms with van der Waals surface area (Å²) in [6, 6.07) is 9.68. The van der Waals surface area contributed by atoms with E-state index in [1.54, 1.807) is 0 Å². The Kier molecular flexibility index (Phi) is 6.39. The van der Waals surface area contributed by atoms with Crippen LogP contribution in [0.5, 0.6) is 0 Å². The fourth-order valence-corrected chi connectivity index (χ4v) is 1.81. The van der Waals surface area contributed by atoms with Gasteiger partial charge in [0.15, 0.2) is 0 Å².